The Morgan fingerprint density at radius 3 is 2.71 bits per heavy atom. The van der Waals surface area contributed by atoms with E-state index in [-0.39, 0.29) is 0 Å². The van der Waals surface area contributed by atoms with Crippen LogP contribution in [0.1, 0.15) is 28.3 Å². The molecule has 1 N–H and O–H groups in total. The van der Waals surface area contributed by atoms with Gasteiger partial charge in [0.1, 0.15) is 11.9 Å². The van der Waals surface area contributed by atoms with E-state index in [4.69, 9.17) is 0 Å². The normalized spacial score (nSPS) is 11.8. The van der Waals surface area contributed by atoms with Gasteiger partial charge in [-0.15, -0.1) is 0 Å². The van der Waals surface area contributed by atoms with Crippen molar-refractivity contribution in [2.75, 3.05) is 0 Å². The number of nitrogens with zero attached hydrogens (tertiary/aromatic N) is 3. The van der Waals surface area contributed by atoms with Crippen molar-refractivity contribution in [3.8, 4) is 11.8 Å². The van der Waals surface area contributed by atoms with E-state index in [0.29, 0.717) is 11.4 Å². The number of aromatic nitrogens is 3. The maximum absolute atomic E-state index is 9.75. The summed E-state index contributed by atoms with van der Waals surface area (Å²) in [6.45, 7) is 6.18. The van der Waals surface area contributed by atoms with E-state index in [1.807, 2.05) is 43.3 Å². The summed E-state index contributed by atoms with van der Waals surface area (Å²) in [7, 11) is 0. The molecule has 28 heavy (non-hydrogen) atoms. The molecule has 4 nitrogen and oxygen atoms in total. The number of hydrogen-bond donors (Lipinski definition) is 1. The topological polar surface area (TPSA) is 57.4 Å². The molecule has 0 fully saturated rings. The molecule has 2 aromatic carbocycles. The highest BCUT2D eigenvalue weighted by Crippen LogP contribution is 2.26. The Hall–Kier alpha value is -3.10. The Bertz CT molecular complexity index is 1270. The molecule has 0 amide bonds. The van der Waals surface area contributed by atoms with Gasteiger partial charge in [0, 0.05) is 21.5 Å². The lowest BCUT2D eigenvalue weighted by molar-refractivity contribution is 0.963. The monoisotopic (exact) mass is 430 g/mol. The van der Waals surface area contributed by atoms with Crippen molar-refractivity contribution < 1.29 is 0 Å². The van der Waals surface area contributed by atoms with Crippen molar-refractivity contribution >= 4 is 38.6 Å². The number of hydrogen-bond acceptors (Lipinski definition) is 2. The van der Waals surface area contributed by atoms with Crippen LogP contribution in [0.15, 0.2) is 53.0 Å². The first-order valence-electron chi connectivity index (χ1n) is 8.99. The van der Waals surface area contributed by atoms with Crippen LogP contribution in [0.2, 0.25) is 0 Å². The zero-order valence-corrected chi connectivity index (χ0v) is 17.5. The van der Waals surface area contributed by atoms with E-state index in [1.165, 1.54) is 0 Å². The van der Waals surface area contributed by atoms with Crippen LogP contribution in [0.25, 0.3) is 28.4 Å². The van der Waals surface area contributed by atoms with E-state index in [9.17, 15) is 5.26 Å². The fraction of sp³-hybridized carbons (Fsp3) is 0.130. The molecule has 2 aromatic heterocycles. The molecular formula is C23H19BrN4. The summed E-state index contributed by atoms with van der Waals surface area (Å²) in [5.41, 5.74) is 7.75. The number of rotatable bonds is 3. The average molecular weight is 431 g/mol. The maximum Gasteiger partial charge on any atom is 0.149 e. The number of H-pyrrole nitrogens is 1. The lowest BCUT2D eigenvalue weighted by Crippen LogP contribution is -1.98. The molecule has 138 valence electrons. The van der Waals surface area contributed by atoms with Gasteiger partial charge in [0.2, 0.25) is 0 Å². The Labute approximate surface area is 172 Å². The van der Waals surface area contributed by atoms with Crippen molar-refractivity contribution in [3.05, 3.63) is 81.3 Å². The van der Waals surface area contributed by atoms with Crippen LogP contribution in [-0.2, 0) is 0 Å². The van der Waals surface area contributed by atoms with Gasteiger partial charge in [-0.3, -0.25) is 0 Å². The summed E-state index contributed by atoms with van der Waals surface area (Å²) < 4.78 is 3.22. The van der Waals surface area contributed by atoms with Crippen LogP contribution in [0.5, 0.6) is 0 Å². The minimum Gasteiger partial charge on any atom is -0.337 e. The lowest BCUT2D eigenvalue weighted by atomic mass is 10.1. The molecule has 0 bridgehead atoms. The van der Waals surface area contributed by atoms with Crippen molar-refractivity contribution in [1.82, 2.24) is 14.5 Å². The predicted octanol–water partition coefficient (Wildman–Crippen LogP) is 6.11. The number of fused-ring (bicyclic) bond motifs is 1. The first-order chi connectivity index (χ1) is 13.5. The Morgan fingerprint density at radius 1 is 1.14 bits per heavy atom. The second-order valence-electron chi connectivity index (χ2n) is 6.92. The van der Waals surface area contributed by atoms with Gasteiger partial charge in [-0.25, -0.2) is 4.98 Å². The summed E-state index contributed by atoms with van der Waals surface area (Å²) in [4.78, 5) is 7.86. The minimum atomic E-state index is 0.517. The maximum atomic E-state index is 9.75. The molecule has 0 saturated heterocycles. The Kier molecular flexibility index (Phi) is 4.66. The third-order valence-electron chi connectivity index (χ3n) is 4.85. The second kappa shape index (κ2) is 7.14. The molecule has 0 saturated carbocycles. The highest BCUT2D eigenvalue weighted by molar-refractivity contribution is 9.10. The molecule has 0 spiro atoms. The lowest BCUT2D eigenvalue weighted by Gasteiger charge is -2.10. The quantitative estimate of drug-likeness (QED) is 0.398. The second-order valence-corrected chi connectivity index (χ2v) is 7.83. The number of nitriles is 1. The number of benzene rings is 2. The number of aromatic amines is 1. The number of imidazole rings is 1. The zero-order valence-electron chi connectivity index (χ0n) is 15.9. The van der Waals surface area contributed by atoms with Crippen molar-refractivity contribution in [1.29, 1.82) is 5.26 Å². The SMILES string of the molecule is Cc1ccc2nc(/C(C#N)=C\c3cc(C)n(-c4cccc(Br)c4)c3C)[nH]c2c1. The van der Waals surface area contributed by atoms with Gasteiger partial charge in [-0.1, -0.05) is 28.1 Å². The molecule has 2 heterocycles. The van der Waals surface area contributed by atoms with Crippen LogP contribution >= 0.6 is 15.9 Å². The predicted molar refractivity (Wildman–Crippen MR) is 117 cm³/mol. The number of allylic oxidation sites excluding steroid dienone is 1. The van der Waals surface area contributed by atoms with Gasteiger partial charge < -0.3 is 9.55 Å². The highest BCUT2D eigenvalue weighted by Gasteiger charge is 2.13. The van der Waals surface area contributed by atoms with Crippen LogP contribution in [0.3, 0.4) is 0 Å². The third kappa shape index (κ3) is 3.28. The minimum absolute atomic E-state index is 0.517. The molecule has 0 radical (unpaired) electrons. The molecule has 0 aliphatic heterocycles. The van der Waals surface area contributed by atoms with Gasteiger partial charge in [0.25, 0.3) is 0 Å². The van der Waals surface area contributed by atoms with Gasteiger partial charge in [0.15, 0.2) is 0 Å². The summed E-state index contributed by atoms with van der Waals surface area (Å²) >= 11 is 3.54. The van der Waals surface area contributed by atoms with E-state index < -0.39 is 0 Å². The van der Waals surface area contributed by atoms with Crippen molar-refractivity contribution in [2.24, 2.45) is 0 Å². The molecule has 0 aliphatic carbocycles. The van der Waals surface area contributed by atoms with E-state index in [0.717, 1.165) is 43.7 Å². The standard InChI is InChI=1S/C23H19BrN4/c1-14-7-8-21-22(9-14)27-23(26-21)18(13-25)11-17-10-15(2)28(16(17)3)20-6-4-5-19(24)12-20/h4-12H,1-3H3,(H,26,27)/b18-11-. The van der Waals surface area contributed by atoms with Crippen molar-refractivity contribution in [2.45, 2.75) is 20.8 Å². The summed E-state index contributed by atoms with van der Waals surface area (Å²) in [5, 5.41) is 9.75. The van der Waals surface area contributed by atoms with Gasteiger partial charge in [0.05, 0.1) is 16.6 Å². The molecule has 4 rings (SSSR count). The molecule has 5 heteroatoms. The smallest absolute Gasteiger partial charge is 0.149 e. The number of nitrogens with one attached hydrogen (secondary N) is 1. The molecule has 0 atom stereocenters. The molecule has 4 aromatic rings. The van der Waals surface area contributed by atoms with Crippen molar-refractivity contribution in [3.63, 3.8) is 0 Å². The number of aryl methyl sites for hydroxylation is 2. The first-order valence-corrected chi connectivity index (χ1v) is 9.79. The average Bonchev–Trinajstić information content (AvgIpc) is 3.19. The van der Waals surface area contributed by atoms with E-state index >= 15 is 0 Å². The fourth-order valence-electron chi connectivity index (χ4n) is 3.51. The summed E-state index contributed by atoms with van der Waals surface area (Å²) in [6, 6.07) is 18.6. The zero-order chi connectivity index (χ0) is 19.8. The molecular weight excluding hydrogens is 412 g/mol. The van der Waals surface area contributed by atoms with Gasteiger partial charge in [-0.05, 0) is 74.4 Å². The largest absolute Gasteiger partial charge is 0.337 e. The Balaban J connectivity index is 1.80. The van der Waals surface area contributed by atoms with Crippen LogP contribution < -0.4 is 0 Å². The van der Waals surface area contributed by atoms with Crippen LogP contribution in [0, 0.1) is 32.1 Å². The van der Waals surface area contributed by atoms with Crippen LogP contribution in [-0.4, -0.2) is 14.5 Å². The van der Waals surface area contributed by atoms with E-state index in [1.54, 1.807) is 0 Å². The fourth-order valence-corrected chi connectivity index (χ4v) is 3.89. The third-order valence-corrected chi connectivity index (χ3v) is 5.34. The van der Waals surface area contributed by atoms with E-state index in [2.05, 4.69) is 68.6 Å². The van der Waals surface area contributed by atoms with Gasteiger partial charge in [-0.2, -0.15) is 5.26 Å². The van der Waals surface area contributed by atoms with Crippen LogP contribution in [0.4, 0.5) is 0 Å². The highest BCUT2D eigenvalue weighted by atomic mass is 79.9. The Morgan fingerprint density at radius 2 is 1.96 bits per heavy atom. The number of halogens is 1. The summed E-state index contributed by atoms with van der Waals surface area (Å²) in [5.74, 6) is 0.593. The van der Waals surface area contributed by atoms with Gasteiger partial charge >= 0.3 is 0 Å². The first kappa shape index (κ1) is 18.3. The molecule has 0 aliphatic rings. The molecule has 0 unspecified atom stereocenters. The summed E-state index contributed by atoms with van der Waals surface area (Å²) in [6.07, 6.45) is 1.90.